The minimum atomic E-state index is -0.515. The van der Waals surface area contributed by atoms with Gasteiger partial charge < -0.3 is 14.4 Å². The third-order valence-corrected chi connectivity index (χ3v) is 4.82. The number of nitrogens with zero attached hydrogens (tertiary/aromatic N) is 1. The van der Waals surface area contributed by atoms with Gasteiger partial charge in [-0.2, -0.15) is 0 Å². The normalized spacial score (nSPS) is 22.4. The maximum absolute atomic E-state index is 12.8. The largest absolute Gasteiger partial charge is 0.463 e. The third-order valence-electron chi connectivity index (χ3n) is 4.82. The Bertz CT molecular complexity index is 518. The van der Waals surface area contributed by atoms with Gasteiger partial charge in [0.1, 0.15) is 5.60 Å². The lowest BCUT2D eigenvalue weighted by Gasteiger charge is -2.35. The minimum absolute atomic E-state index is 0.0305. The monoisotopic (exact) mass is 351 g/mol. The first-order valence-electron chi connectivity index (χ1n) is 9.72. The highest BCUT2D eigenvalue weighted by Crippen LogP contribution is 2.34. The maximum Gasteiger partial charge on any atom is 0.410 e. The van der Waals surface area contributed by atoms with Crippen LogP contribution in [-0.4, -0.2) is 41.8 Å². The second kappa shape index (κ2) is 8.72. The topological polar surface area (TPSA) is 55.8 Å². The van der Waals surface area contributed by atoms with Crippen LogP contribution in [0.5, 0.6) is 0 Å². The van der Waals surface area contributed by atoms with Gasteiger partial charge in [0.15, 0.2) is 0 Å². The van der Waals surface area contributed by atoms with E-state index in [2.05, 4.69) is 0 Å². The molecule has 0 saturated carbocycles. The van der Waals surface area contributed by atoms with Crippen molar-refractivity contribution in [1.29, 1.82) is 0 Å². The molecular formula is C20H33NO4. The van der Waals surface area contributed by atoms with Gasteiger partial charge in [-0.15, -0.1) is 0 Å². The van der Waals surface area contributed by atoms with Crippen molar-refractivity contribution < 1.29 is 19.1 Å². The van der Waals surface area contributed by atoms with Crippen LogP contribution in [0.15, 0.2) is 11.1 Å². The van der Waals surface area contributed by atoms with Crippen LogP contribution < -0.4 is 0 Å². The van der Waals surface area contributed by atoms with Gasteiger partial charge in [-0.25, -0.2) is 9.59 Å². The number of carbonyl (C=O) groups is 2. The summed E-state index contributed by atoms with van der Waals surface area (Å²) in [6, 6.07) is -0.0305. The number of rotatable bonds is 3. The number of amides is 1. The molecule has 5 heteroatoms. The Hall–Kier alpha value is -1.52. The molecule has 1 unspecified atom stereocenters. The molecule has 142 valence electrons. The Morgan fingerprint density at radius 3 is 2.48 bits per heavy atom. The van der Waals surface area contributed by atoms with E-state index in [0.29, 0.717) is 13.2 Å². The van der Waals surface area contributed by atoms with Crippen LogP contribution in [-0.2, 0) is 14.3 Å². The fourth-order valence-corrected chi connectivity index (χ4v) is 3.76. The SMILES string of the molecule is CCOC(=O)C1=C(C2CCCCCN2C(=O)OC(C)(C)C)CCCC1. The van der Waals surface area contributed by atoms with E-state index in [9.17, 15) is 9.59 Å². The summed E-state index contributed by atoms with van der Waals surface area (Å²) in [7, 11) is 0. The Morgan fingerprint density at radius 2 is 1.80 bits per heavy atom. The van der Waals surface area contributed by atoms with Gasteiger partial charge >= 0.3 is 12.1 Å². The van der Waals surface area contributed by atoms with Crippen LogP contribution in [0.3, 0.4) is 0 Å². The summed E-state index contributed by atoms with van der Waals surface area (Å²) in [4.78, 5) is 27.1. The molecule has 0 aromatic carbocycles. The van der Waals surface area contributed by atoms with Crippen molar-refractivity contribution in [2.24, 2.45) is 0 Å². The van der Waals surface area contributed by atoms with Crippen LogP contribution in [0.4, 0.5) is 4.79 Å². The van der Waals surface area contributed by atoms with Crippen molar-refractivity contribution in [3.05, 3.63) is 11.1 Å². The van der Waals surface area contributed by atoms with E-state index in [1.807, 2.05) is 32.6 Å². The van der Waals surface area contributed by atoms with Crippen molar-refractivity contribution in [2.45, 2.75) is 90.7 Å². The maximum atomic E-state index is 12.8. The average molecular weight is 351 g/mol. The van der Waals surface area contributed by atoms with Gasteiger partial charge in [-0.3, -0.25) is 0 Å². The second-order valence-electron chi connectivity index (χ2n) is 7.97. The highest BCUT2D eigenvalue weighted by atomic mass is 16.6. The van der Waals surface area contributed by atoms with Crippen molar-refractivity contribution in [2.75, 3.05) is 13.2 Å². The smallest absolute Gasteiger partial charge is 0.410 e. The van der Waals surface area contributed by atoms with Gasteiger partial charge in [0.2, 0.25) is 0 Å². The molecule has 1 atom stereocenters. The lowest BCUT2D eigenvalue weighted by molar-refractivity contribution is -0.138. The van der Waals surface area contributed by atoms with E-state index < -0.39 is 5.60 Å². The lowest BCUT2D eigenvalue weighted by Crippen LogP contribution is -2.45. The van der Waals surface area contributed by atoms with E-state index in [-0.39, 0.29) is 18.1 Å². The van der Waals surface area contributed by atoms with E-state index in [1.165, 1.54) is 0 Å². The molecule has 1 aliphatic carbocycles. The molecule has 0 spiro atoms. The van der Waals surface area contributed by atoms with Crippen molar-refractivity contribution in [3.8, 4) is 0 Å². The second-order valence-corrected chi connectivity index (χ2v) is 7.97. The van der Waals surface area contributed by atoms with E-state index in [4.69, 9.17) is 9.47 Å². The molecule has 0 radical (unpaired) electrons. The zero-order valence-electron chi connectivity index (χ0n) is 16.2. The zero-order valence-corrected chi connectivity index (χ0v) is 16.2. The number of hydrogen-bond acceptors (Lipinski definition) is 4. The molecule has 1 fully saturated rings. The summed E-state index contributed by atoms with van der Waals surface area (Å²) in [5.41, 5.74) is 1.39. The Balaban J connectivity index is 2.32. The predicted octanol–water partition coefficient (Wildman–Crippen LogP) is 4.60. The fraction of sp³-hybridized carbons (Fsp3) is 0.800. The highest BCUT2D eigenvalue weighted by molar-refractivity contribution is 5.90. The van der Waals surface area contributed by atoms with Gasteiger partial charge in [0.05, 0.1) is 12.6 Å². The molecule has 5 nitrogen and oxygen atoms in total. The predicted molar refractivity (Wildman–Crippen MR) is 97.3 cm³/mol. The Morgan fingerprint density at radius 1 is 1.08 bits per heavy atom. The van der Waals surface area contributed by atoms with Crippen LogP contribution in [0.2, 0.25) is 0 Å². The van der Waals surface area contributed by atoms with Crippen LogP contribution >= 0.6 is 0 Å². The van der Waals surface area contributed by atoms with Crippen molar-refractivity contribution >= 4 is 12.1 Å². The molecular weight excluding hydrogens is 318 g/mol. The first kappa shape index (κ1) is 19.8. The van der Waals surface area contributed by atoms with Gasteiger partial charge in [0, 0.05) is 12.1 Å². The summed E-state index contributed by atoms with van der Waals surface area (Å²) in [6.07, 6.45) is 7.51. The first-order valence-corrected chi connectivity index (χ1v) is 9.72. The van der Waals surface area contributed by atoms with E-state index >= 15 is 0 Å². The molecule has 1 saturated heterocycles. The zero-order chi connectivity index (χ0) is 18.4. The number of ether oxygens (including phenoxy) is 2. The van der Waals surface area contributed by atoms with Crippen LogP contribution in [0.1, 0.15) is 79.1 Å². The Labute approximate surface area is 151 Å². The third kappa shape index (κ3) is 5.48. The number of hydrogen-bond donors (Lipinski definition) is 0. The summed E-state index contributed by atoms with van der Waals surface area (Å²) in [5.74, 6) is -0.203. The molecule has 0 aromatic heterocycles. The van der Waals surface area contributed by atoms with E-state index in [0.717, 1.165) is 62.5 Å². The molecule has 0 N–H and O–H groups in total. The molecule has 1 heterocycles. The molecule has 2 rings (SSSR count). The standard InChI is InChI=1S/C20H33NO4/c1-5-24-18(22)16-12-9-8-11-15(16)17-13-7-6-10-14-21(17)19(23)25-20(2,3)4/h17H,5-14H2,1-4H3. The molecule has 1 amide bonds. The summed E-state index contributed by atoms with van der Waals surface area (Å²) in [5, 5.41) is 0. The van der Waals surface area contributed by atoms with Gasteiger partial charge in [-0.05, 0) is 71.8 Å². The number of likely N-dealkylation sites (tertiary alicyclic amines) is 1. The molecule has 2 aliphatic rings. The lowest BCUT2D eigenvalue weighted by atomic mass is 9.85. The molecule has 25 heavy (non-hydrogen) atoms. The molecule has 0 aromatic rings. The van der Waals surface area contributed by atoms with Crippen molar-refractivity contribution in [1.82, 2.24) is 4.90 Å². The van der Waals surface area contributed by atoms with E-state index in [1.54, 1.807) is 0 Å². The number of esters is 1. The van der Waals surface area contributed by atoms with Gasteiger partial charge in [-0.1, -0.05) is 12.8 Å². The summed E-state index contributed by atoms with van der Waals surface area (Å²) in [6.45, 7) is 8.58. The fourth-order valence-electron chi connectivity index (χ4n) is 3.76. The number of carbonyl (C=O) groups excluding carboxylic acids is 2. The molecule has 1 aliphatic heterocycles. The highest BCUT2D eigenvalue weighted by Gasteiger charge is 2.34. The van der Waals surface area contributed by atoms with Crippen molar-refractivity contribution in [3.63, 3.8) is 0 Å². The quantitative estimate of drug-likeness (QED) is 0.697. The van der Waals surface area contributed by atoms with Crippen LogP contribution in [0.25, 0.3) is 0 Å². The summed E-state index contributed by atoms with van der Waals surface area (Å²) < 4.78 is 10.9. The first-order chi connectivity index (χ1) is 11.8. The Kier molecular flexibility index (Phi) is 6.91. The summed E-state index contributed by atoms with van der Waals surface area (Å²) >= 11 is 0. The minimum Gasteiger partial charge on any atom is -0.463 e. The average Bonchev–Trinajstić information content (AvgIpc) is 2.79. The van der Waals surface area contributed by atoms with Crippen LogP contribution in [0, 0.1) is 0 Å². The molecule has 0 bridgehead atoms. The van der Waals surface area contributed by atoms with Gasteiger partial charge in [0.25, 0.3) is 0 Å².